The third-order valence-electron chi connectivity index (χ3n) is 3.54. The molecule has 0 radical (unpaired) electrons. The fraction of sp³-hybridized carbons (Fsp3) is 0.312. The highest BCUT2D eigenvalue weighted by Gasteiger charge is 2.29. The number of hydrogen-bond acceptors (Lipinski definition) is 3. The molecular weight excluding hydrogens is 336 g/mol. The number of hydrogen-bond donors (Lipinski definition) is 0. The van der Waals surface area contributed by atoms with E-state index in [1.165, 1.54) is 22.5 Å². The van der Waals surface area contributed by atoms with Gasteiger partial charge in [0, 0.05) is 37.3 Å². The van der Waals surface area contributed by atoms with Crippen LogP contribution in [0, 0.1) is 0 Å². The van der Waals surface area contributed by atoms with Gasteiger partial charge in [0.15, 0.2) is 0 Å². The lowest BCUT2D eigenvalue weighted by Gasteiger charge is -2.33. The Morgan fingerprint density at radius 1 is 1.09 bits per heavy atom. The second-order valence-electron chi connectivity index (χ2n) is 5.07. The number of halogens is 1. The minimum absolute atomic E-state index is 0.105. The maximum atomic E-state index is 12.5. The first kappa shape index (κ1) is 17.7. The molecule has 1 heterocycles. The molecule has 124 valence electrons. The highest BCUT2D eigenvalue weighted by Crippen LogP contribution is 2.19. The largest absolute Gasteiger partial charge is 0.337 e. The molecule has 5 nitrogen and oxygen atoms in total. The lowest BCUT2D eigenvalue weighted by molar-refractivity contribution is -0.127. The molecule has 0 aromatic heterocycles. The van der Waals surface area contributed by atoms with Gasteiger partial charge in [-0.3, -0.25) is 4.79 Å². The Kier molecular flexibility index (Phi) is 5.98. The van der Waals surface area contributed by atoms with Crippen LogP contribution in [-0.2, 0) is 14.8 Å². The van der Waals surface area contributed by atoms with Gasteiger partial charge in [0.05, 0.1) is 4.90 Å². The molecule has 0 saturated carbocycles. The van der Waals surface area contributed by atoms with Crippen LogP contribution in [0.5, 0.6) is 0 Å². The van der Waals surface area contributed by atoms with Crippen molar-refractivity contribution in [2.75, 3.05) is 26.2 Å². The molecule has 0 unspecified atom stereocenters. The van der Waals surface area contributed by atoms with E-state index in [1.807, 2.05) is 13.0 Å². The van der Waals surface area contributed by atoms with Gasteiger partial charge in [-0.05, 0) is 31.2 Å². The topological polar surface area (TPSA) is 57.7 Å². The van der Waals surface area contributed by atoms with E-state index in [4.69, 9.17) is 11.6 Å². The second-order valence-corrected chi connectivity index (χ2v) is 7.44. The van der Waals surface area contributed by atoms with Crippen molar-refractivity contribution in [2.45, 2.75) is 11.8 Å². The van der Waals surface area contributed by atoms with E-state index >= 15 is 0 Å². The lowest BCUT2D eigenvalue weighted by Crippen LogP contribution is -2.50. The number of allylic oxidation sites excluding steroid dienone is 3. The average molecular weight is 355 g/mol. The number of carbonyl (C=O) groups is 1. The Bertz CT molecular complexity index is 703. The number of rotatable bonds is 4. The zero-order valence-corrected chi connectivity index (χ0v) is 14.4. The Hall–Kier alpha value is -1.63. The summed E-state index contributed by atoms with van der Waals surface area (Å²) in [6, 6.07) is 6.10. The van der Waals surface area contributed by atoms with Gasteiger partial charge in [-0.15, -0.1) is 0 Å². The summed E-state index contributed by atoms with van der Waals surface area (Å²) in [5, 5.41) is 0.493. The third-order valence-corrected chi connectivity index (χ3v) is 5.71. The molecule has 1 amide bonds. The molecule has 1 aliphatic rings. The number of nitrogens with zero attached hydrogens (tertiary/aromatic N) is 2. The van der Waals surface area contributed by atoms with Gasteiger partial charge in [0.2, 0.25) is 15.9 Å². The van der Waals surface area contributed by atoms with Gasteiger partial charge >= 0.3 is 0 Å². The first-order valence-corrected chi connectivity index (χ1v) is 9.11. The summed E-state index contributed by atoms with van der Waals surface area (Å²) in [6.45, 7) is 3.20. The van der Waals surface area contributed by atoms with Crippen molar-refractivity contribution >= 4 is 27.5 Å². The molecule has 0 N–H and O–H groups in total. The summed E-state index contributed by atoms with van der Waals surface area (Å²) in [6.07, 6.45) is 6.78. The van der Waals surface area contributed by atoms with E-state index in [9.17, 15) is 13.2 Å². The molecule has 7 heteroatoms. The molecule has 1 aromatic rings. The summed E-state index contributed by atoms with van der Waals surface area (Å²) < 4.78 is 26.5. The summed E-state index contributed by atoms with van der Waals surface area (Å²) in [5.74, 6) is -0.105. The quantitative estimate of drug-likeness (QED) is 0.616. The van der Waals surface area contributed by atoms with Gasteiger partial charge < -0.3 is 4.90 Å². The highest BCUT2D eigenvalue weighted by molar-refractivity contribution is 7.89. The van der Waals surface area contributed by atoms with Crippen molar-refractivity contribution in [1.29, 1.82) is 0 Å². The van der Waals surface area contributed by atoms with Crippen molar-refractivity contribution in [3.63, 3.8) is 0 Å². The molecule has 23 heavy (non-hydrogen) atoms. The predicted octanol–water partition coefficient (Wildman–Crippen LogP) is 2.31. The van der Waals surface area contributed by atoms with E-state index in [2.05, 4.69) is 0 Å². The Labute approximate surface area is 141 Å². The van der Waals surface area contributed by atoms with Crippen molar-refractivity contribution in [3.05, 3.63) is 53.6 Å². The highest BCUT2D eigenvalue weighted by atomic mass is 35.5. The van der Waals surface area contributed by atoms with Crippen LogP contribution in [0.4, 0.5) is 0 Å². The third kappa shape index (κ3) is 4.43. The number of benzene rings is 1. The predicted molar refractivity (Wildman–Crippen MR) is 90.7 cm³/mol. The minimum atomic E-state index is -3.54. The lowest BCUT2D eigenvalue weighted by atomic mass is 10.3. The molecule has 0 spiro atoms. The van der Waals surface area contributed by atoms with Crippen LogP contribution in [0.3, 0.4) is 0 Å². The smallest absolute Gasteiger partial charge is 0.246 e. The van der Waals surface area contributed by atoms with Crippen LogP contribution in [0.25, 0.3) is 0 Å². The first-order chi connectivity index (χ1) is 10.9. The zero-order chi connectivity index (χ0) is 16.9. The van der Waals surface area contributed by atoms with Crippen LogP contribution in [0.1, 0.15) is 6.92 Å². The maximum Gasteiger partial charge on any atom is 0.246 e. The van der Waals surface area contributed by atoms with Crippen LogP contribution in [-0.4, -0.2) is 49.7 Å². The number of sulfonamides is 1. The number of piperazine rings is 1. The van der Waals surface area contributed by atoms with Crippen LogP contribution in [0.2, 0.25) is 5.02 Å². The van der Waals surface area contributed by atoms with Crippen LogP contribution < -0.4 is 0 Å². The molecule has 0 bridgehead atoms. The van der Waals surface area contributed by atoms with Crippen molar-refractivity contribution < 1.29 is 13.2 Å². The average Bonchev–Trinajstić information content (AvgIpc) is 2.55. The van der Waals surface area contributed by atoms with E-state index in [1.54, 1.807) is 29.2 Å². The van der Waals surface area contributed by atoms with E-state index in [0.717, 1.165) is 0 Å². The summed E-state index contributed by atoms with van der Waals surface area (Å²) >= 11 is 5.79. The molecule has 1 aliphatic heterocycles. The summed E-state index contributed by atoms with van der Waals surface area (Å²) in [4.78, 5) is 13.8. The molecule has 1 fully saturated rings. The van der Waals surface area contributed by atoms with E-state index in [0.29, 0.717) is 18.1 Å². The fourth-order valence-electron chi connectivity index (χ4n) is 2.26. The maximum absolute atomic E-state index is 12.5. The monoisotopic (exact) mass is 354 g/mol. The summed E-state index contributed by atoms with van der Waals surface area (Å²) in [7, 11) is -3.54. The Morgan fingerprint density at radius 2 is 1.70 bits per heavy atom. The molecule has 2 rings (SSSR count). The van der Waals surface area contributed by atoms with Gasteiger partial charge in [-0.25, -0.2) is 8.42 Å². The van der Waals surface area contributed by atoms with Gasteiger partial charge in [-0.2, -0.15) is 4.31 Å². The van der Waals surface area contributed by atoms with E-state index in [-0.39, 0.29) is 23.9 Å². The van der Waals surface area contributed by atoms with Crippen molar-refractivity contribution in [1.82, 2.24) is 9.21 Å². The van der Waals surface area contributed by atoms with E-state index < -0.39 is 10.0 Å². The molecule has 0 aliphatic carbocycles. The number of carbonyl (C=O) groups excluding carboxylic acids is 1. The van der Waals surface area contributed by atoms with Gasteiger partial charge in [0.1, 0.15) is 0 Å². The van der Waals surface area contributed by atoms with Gasteiger partial charge in [-0.1, -0.05) is 29.8 Å². The van der Waals surface area contributed by atoms with Crippen molar-refractivity contribution in [3.8, 4) is 0 Å². The summed E-state index contributed by atoms with van der Waals surface area (Å²) in [5.41, 5.74) is 0. The molecule has 1 aromatic carbocycles. The normalized spacial score (nSPS) is 17.2. The van der Waals surface area contributed by atoms with Crippen LogP contribution in [0.15, 0.2) is 53.5 Å². The standard InChI is InChI=1S/C16H19ClN2O3S/c1-2-3-4-5-16(20)18-10-12-19(13-11-18)23(21,22)15-8-6-14(17)7-9-15/h2-9H,10-13H2,1H3/b3-2+,5-4+. The minimum Gasteiger partial charge on any atom is -0.337 e. The number of amides is 1. The molecular formula is C16H19ClN2O3S. The van der Waals surface area contributed by atoms with Crippen molar-refractivity contribution in [2.24, 2.45) is 0 Å². The first-order valence-electron chi connectivity index (χ1n) is 7.29. The Morgan fingerprint density at radius 3 is 2.26 bits per heavy atom. The molecule has 1 saturated heterocycles. The van der Waals surface area contributed by atoms with Gasteiger partial charge in [0.25, 0.3) is 0 Å². The second kappa shape index (κ2) is 7.77. The SMILES string of the molecule is C/C=C/C=C/C(=O)N1CCN(S(=O)(=O)c2ccc(Cl)cc2)CC1. The Balaban J connectivity index is 2.01. The zero-order valence-electron chi connectivity index (χ0n) is 12.9. The molecule has 0 atom stereocenters. The van der Waals surface area contributed by atoms with Crippen LogP contribution >= 0.6 is 11.6 Å². The fourth-order valence-corrected chi connectivity index (χ4v) is 3.81.